The van der Waals surface area contributed by atoms with Gasteiger partial charge in [0.2, 0.25) is 5.95 Å². The highest BCUT2D eigenvalue weighted by Gasteiger charge is 2.24. The second-order valence-electron chi connectivity index (χ2n) is 28.3. The van der Waals surface area contributed by atoms with Gasteiger partial charge in [0, 0.05) is 132 Å². The van der Waals surface area contributed by atoms with Crippen LogP contribution in [0.15, 0.2) is 376 Å². The Bertz CT molecular complexity index is 7420. The van der Waals surface area contributed by atoms with Gasteiger partial charge in [-0.15, -0.1) is 34.0 Å². The monoisotopic (exact) mass is 1510 g/mol. The van der Waals surface area contributed by atoms with E-state index < -0.39 is 0 Å². The number of aromatic nitrogens is 10. The van der Waals surface area contributed by atoms with E-state index in [-0.39, 0.29) is 0 Å². The van der Waals surface area contributed by atoms with E-state index in [1.54, 1.807) is 0 Å². The van der Waals surface area contributed by atoms with Crippen molar-refractivity contribution in [2.45, 2.75) is 0 Å². The first-order chi connectivity index (χ1) is 56.5. The van der Waals surface area contributed by atoms with Gasteiger partial charge in [-0.3, -0.25) is 9.13 Å². The summed E-state index contributed by atoms with van der Waals surface area (Å²) in [5.41, 5.74) is 15.6. The van der Waals surface area contributed by atoms with Gasteiger partial charge < -0.3 is 4.57 Å². The van der Waals surface area contributed by atoms with Crippen molar-refractivity contribution < 1.29 is 0 Å². The van der Waals surface area contributed by atoms with Crippen LogP contribution >= 0.6 is 34.0 Å². The molecule has 0 aliphatic carbocycles. The fourth-order valence-electron chi connectivity index (χ4n) is 16.3. The normalized spacial score (nSPS) is 11.7. The van der Waals surface area contributed by atoms with Crippen molar-refractivity contribution >= 4 is 160 Å². The third kappa shape index (κ3) is 11.5. The third-order valence-corrected chi connectivity index (χ3v) is 24.9. The van der Waals surface area contributed by atoms with Crippen LogP contribution in [0.5, 0.6) is 0 Å². The van der Waals surface area contributed by atoms with Crippen LogP contribution in [0.4, 0.5) is 0 Å². The molecule has 9 aromatic heterocycles. The molecule has 15 aromatic carbocycles. The van der Waals surface area contributed by atoms with E-state index in [1.807, 2.05) is 149 Å². The van der Waals surface area contributed by atoms with Gasteiger partial charge in [0.25, 0.3) is 0 Å². The summed E-state index contributed by atoms with van der Waals surface area (Å²) < 4.78 is 14.6. The van der Waals surface area contributed by atoms with Gasteiger partial charge in [-0.1, -0.05) is 291 Å². The van der Waals surface area contributed by atoms with E-state index in [0.717, 1.165) is 101 Å². The molecule has 0 atom stereocenters. The van der Waals surface area contributed by atoms with Gasteiger partial charge in [-0.2, -0.15) is 9.97 Å². The molecule has 9 heterocycles. The van der Waals surface area contributed by atoms with Gasteiger partial charge in [0.15, 0.2) is 23.3 Å². The first-order valence-electron chi connectivity index (χ1n) is 37.9. The molecule has 0 spiro atoms. The van der Waals surface area contributed by atoms with E-state index in [1.165, 1.54) is 92.8 Å². The fourth-order valence-corrected chi connectivity index (χ4v) is 19.7. The summed E-state index contributed by atoms with van der Waals surface area (Å²) in [7, 11) is 0. The fraction of sp³-hybridized carbons (Fsp3) is 0. The Hall–Kier alpha value is -14.5. The summed E-state index contributed by atoms with van der Waals surface area (Å²) in [6.07, 6.45) is 1.99. The first kappa shape index (κ1) is 66.5. The predicted molar refractivity (Wildman–Crippen MR) is 478 cm³/mol. The molecule has 0 fully saturated rings. The van der Waals surface area contributed by atoms with Gasteiger partial charge in [0.1, 0.15) is 5.82 Å². The van der Waals surface area contributed by atoms with Crippen molar-refractivity contribution in [3.8, 4) is 85.5 Å². The second-order valence-corrected chi connectivity index (χ2v) is 31.5. The number of fused-ring (bicyclic) bond motifs is 18. The minimum Gasteiger partial charge on any atom is -0.306 e. The minimum absolute atomic E-state index is 0.614. The highest BCUT2D eigenvalue weighted by atomic mass is 32.1. The zero-order valence-electron chi connectivity index (χ0n) is 61.0. The number of hydrogen-bond acceptors (Lipinski definition) is 10. The van der Waals surface area contributed by atoms with Crippen LogP contribution in [-0.4, -0.2) is 48.6 Å². The molecular formula is C101H62N10S3. The Labute approximate surface area is 665 Å². The van der Waals surface area contributed by atoms with E-state index >= 15 is 0 Å². The molecule has 24 rings (SSSR count). The summed E-state index contributed by atoms with van der Waals surface area (Å²) in [5, 5.41) is 15.0. The molecule has 0 aliphatic heterocycles. The molecular weight excluding hydrogens is 1450 g/mol. The van der Waals surface area contributed by atoms with Crippen molar-refractivity contribution in [2.75, 3.05) is 0 Å². The lowest BCUT2D eigenvalue weighted by atomic mass is 10.1. The van der Waals surface area contributed by atoms with Crippen LogP contribution in [-0.2, 0) is 0 Å². The largest absolute Gasteiger partial charge is 0.306 e. The molecule has 10 nitrogen and oxygen atoms in total. The lowest BCUT2D eigenvalue weighted by Crippen LogP contribution is -2.06. The van der Waals surface area contributed by atoms with Crippen LogP contribution < -0.4 is 0 Å². The number of nitrogens with zero attached hydrogens (tertiary/aromatic N) is 10. The van der Waals surface area contributed by atoms with Crippen molar-refractivity contribution in [1.82, 2.24) is 48.6 Å². The smallest absolute Gasteiger partial charge is 0.238 e. The molecule has 0 radical (unpaired) electrons. The molecule has 114 heavy (non-hydrogen) atoms. The molecule has 0 amide bonds. The van der Waals surface area contributed by atoms with Gasteiger partial charge in [0.05, 0.1) is 56.4 Å². The van der Waals surface area contributed by atoms with Crippen LogP contribution in [0.1, 0.15) is 0 Å². The van der Waals surface area contributed by atoms with E-state index in [9.17, 15) is 0 Å². The zero-order valence-corrected chi connectivity index (χ0v) is 63.4. The van der Waals surface area contributed by atoms with Gasteiger partial charge in [-0.05, 0) is 72.8 Å². The number of rotatable bonds is 9. The molecule has 13 heteroatoms. The molecule has 0 unspecified atom stereocenters. The number of para-hydroxylation sites is 3. The van der Waals surface area contributed by atoms with Crippen LogP contribution in [0.2, 0.25) is 0 Å². The Morgan fingerprint density at radius 1 is 0.202 bits per heavy atom. The summed E-state index contributed by atoms with van der Waals surface area (Å²) in [5.74, 6) is 4.23. The molecule has 0 aliphatic rings. The molecule has 0 N–H and O–H groups in total. The van der Waals surface area contributed by atoms with Crippen LogP contribution in [0, 0.1) is 0 Å². The lowest BCUT2D eigenvalue weighted by molar-refractivity contribution is 0.954. The Balaban J connectivity index is 0.000000104. The molecule has 0 saturated heterocycles. The van der Waals surface area contributed by atoms with Crippen LogP contribution in [0.25, 0.3) is 211 Å². The maximum Gasteiger partial charge on any atom is 0.238 e. The quantitative estimate of drug-likeness (QED) is 0.142. The highest BCUT2D eigenvalue weighted by molar-refractivity contribution is 7.26. The van der Waals surface area contributed by atoms with Crippen molar-refractivity contribution in [3.05, 3.63) is 376 Å². The Morgan fingerprint density at radius 2 is 0.535 bits per heavy atom. The third-order valence-electron chi connectivity index (χ3n) is 21.5. The molecule has 24 aromatic rings. The van der Waals surface area contributed by atoms with Crippen molar-refractivity contribution in [2.24, 2.45) is 0 Å². The number of hydrogen-bond donors (Lipinski definition) is 0. The highest BCUT2D eigenvalue weighted by Crippen LogP contribution is 2.46. The maximum absolute atomic E-state index is 5.16. The van der Waals surface area contributed by atoms with E-state index in [2.05, 4.69) is 275 Å². The molecule has 0 bridgehead atoms. The number of benzene rings is 15. The van der Waals surface area contributed by atoms with Gasteiger partial charge >= 0.3 is 0 Å². The average molecular weight is 1510 g/mol. The first-order valence-corrected chi connectivity index (χ1v) is 40.4. The van der Waals surface area contributed by atoms with Crippen LogP contribution in [0.3, 0.4) is 0 Å². The Morgan fingerprint density at radius 3 is 0.974 bits per heavy atom. The lowest BCUT2D eigenvalue weighted by Gasteiger charge is -2.14. The summed E-state index contributed by atoms with van der Waals surface area (Å²) in [6, 6.07) is 129. The summed E-state index contributed by atoms with van der Waals surface area (Å²) in [4.78, 5) is 35.2. The Kier molecular flexibility index (Phi) is 16.2. The van der Waals surface area contributed by atoms with E-state index in [0.29, 0.717) is 17.6 Å². The standard InChI is InChI=1S/2C34H21N3S.C33H20N4S/c1-3-11-22(12-4-1)28-21-33(36-34(35-28)23-13-5-2-6-14-23)37-29-17-9-7-15-24(29)26-20-32-27(19-30(26)37)25-16-8-10-18-31(25)38-32;1-3-11-22(12-4-1)33-30(21-35-34(36-33)23-13-5-2-6-14-23)37-28-17-9-7-15-24(28)26-20-32-27(19-29(26)37)25-16-8-10-18-31(25)38-32;1-3-11-21(12-4-1)31-34-32(22-13-5-2-6-14-22)36-33(35-31)37-27-17-9-7-15-23(27)25-20-30-26(19-28(25)37)24-16-8-10-18-29(24)38-30/h2*1-21H;1-20H. The average Bonchev–Trinajstić information content (AvgIpc) is 1.57. The summed E-state index contributed by atoms with van der Waals surface area (Å²) >= 11 is 5.55. The van der Waals surface area contributed by atoms with Gasteiger partial charge in [-0.25, -0.2) is 24.9 Å². The maximum atomic E-state index is 5.16. The van der Waals surface area contributed by atoms with Crippen molar-refractivity contribution in [1.29, 1.82) is 0 Å². The predicted octanol–water partition coefficient (Wildman–Crippen LogP) is 27.2. The topological polar surface area (TPSA) is 105 Å². The molecule has 534 valence electrons. The second kappa shape index (κ2) is 27.8. The SMILES string of the molecule is c1ccc(-c2cc(-n3c4ccccc4c4cc5sc6ccccc6c5cc43)nc(-c3ccccc3)n2)cc1.c1ccc(-c2nc(-c3ccccc3)nc(-n3c4ccccc4c4cc5sc6ccccc6c5cc43)n2)cc1.c1ccc(-c2ncc(-n3c4ccccc4c4cc5sc6ccccc6c5cc43)c(-c3ccccc3)n2)cc1. The zero-order chi connectivity index (χ0) is 75.2. The van der Waals surface area contributed by atoms with Crippen molar-refractivity contribution in [3.63, 3.8) is 0 Å². The summed E-state index contributed by atoms with van der Waals surface area (Å²) in [6.45, 7) is 0. The minimum atomic E-state index is 0.614. The number of thiophene rings is 3. The molecule has 0 saturated carbocycles. The van der Waals surface area contributed by atoms with E-state index in [4.69, 9.17) is 34.9 Å².